The predicted molar refractivity (Wildman–Crippen MR) is 70.3 cm³/mol. The molecule has 1 atom stereocenters. The number of aliphatic hydroxyl groups excluding tert-OH is 1. The first-order valence-electron chi connectivity index (χ1n) is 6.00. The normalized spacial score (nSPS) is 23.5. The molecule has 0 amide bonds. The maximum atomic E-state index is 12.5. The molecule has 18 heavy (non-hydrogen) atoms. The fourth-order valence-electron chi connectivity index (χ4n) is 2.38. The molecule has 4 heteroatoms. The molecule has 0 aliphatic heterocycles. The zero-order valence-corrected chi connectivity index (χ0v) is 12.3. The summed E-state index contributed by atoms with van der Waals surface area (Å²) in [6.45, 7) is 3.98. The molecule has 1 N–H and O–H groups in total. The second kappa shape index (κ2) is 4.61. The first-order chi connectivity index (χ1) is 8.31. The Bertz CT molecular complexity index is 556. The Balaban J connectivity index is 2.43. The molecule has 98 valence electrons. The third-order valence-electron chi connectivity index (χ3n) is 3.19. The molecular weight excluding hydrogens is 295 g/mol. The van der Waals surface area contributed by atoms with Crippen LogP contribution in [-0.2, 0) is 7.67 Å². The van der Waals surface area contributed by atoms with Gasteiger partial charge in [-0.3, -0.25) is 0 Å². The van der Waals surface area contributed by atoms with Gasteiger partial charge in [0.05, 0.1) is 0 Å². The zero-order chi connectivity index (χ0) is 13.4. The molecule has 1 aliphatic rings. The molecule has 1 aromatic carbocycles. The molecule has 0 heterocycles. The molecule has 0 spiro atoms. The average molecular weight is 313 g/mol. The van der Waals surface area contributed by atoms with E-state index in [9.17, 15) is 12.8 Å². The summed E-state index contributed by atoms with van der Waals surface area (Å²) in [4.78, 5) is 0. The van der Waals surface area contributed by atoms with Gasteiger partial charge in [-0.25, -0.2) is 0 Å². The summed E-state index contributed by atoms with van der Waals surface area (Å²) in [7, 11) is 0. The van der Waals surface area contributed by atoms with Gasteiger partial charge in [0.1, 0.15) is 0 Å². The first-order valence-corrected chi connectivity index (χ1v) is 9.11. The van der Waals surface area contributed by atoms with Crippen molar-refractivity contribution in [3.8, 4) is 0 Å². The van der Waals surface area contributed by atoms with Gasteiger partial charge in [-0.15, -0.1) is 0 Å². The minimum absolute atomic E-state index is 0.171. The van der Waals surface area contributed by atoms with Crippen LogP contribution < -0.4 is 4.46 Å². The van der Waals surface area contributed by atoms with Gasteiger partial charge in [0, 0.05) is 0 Å². The summed E-state index contributed by atoms with van der Waals surface area (Å²) in [5, 5.41) is 9.80. The molecule has 0 aromatic heterocycles. The predicted octanol–water partition coefficient (Wildman–Crippen LogP) is 1.84. The summed E-state index contributed by atoms with van der Waals surface area (Å²) < 4.78 is 25.8. The Morgan fingerprint density at radius 2 is 1.83 bits per heavy atom. The summed E-state index contributed by atoms with van der Waals surface area (Å²) in [6.07, 6.45) is 1.97. The summed E-state index contributed by atoms with van der Waals surface area (Å²) in [6, 6.07) is 8.49. The van der Waals surface area contributed by atoms with Crippen molar-refractivity contribution in [1.29, 1.82) is 0 Å². The topological polar surface area (TPSA) is 54.4 Å². The molecule has 3 nitrogen and oxygen atoms in total. The van der Waals surface area contributed by atoms with E-state index in [1.807, 2.05) is 13.8 Å². The second-order valence-corrected chi connectivity index (χ2v) is 9.76. The van der Waals surface area contributed by atoms with Gasteiger partial charge in [0.25, 0.3) is 0 Å². The summed E-state index contributed by atoms with van der Waals surface area (Å²) in [5.74, 6) is 0. The van der Waals surface area contributed by atoms with E-state index in [4.69, 9.17) is 0 Å². The van der Waals surface area contributed by atoms with Crippen LogP contribution in [0.5, 0.6) is 0 Å². The Hall–Kier alpha value is -0.961. The van der Waals surface area contributed by atoms with Crippen molar-refractivity contribution in [2.75, 3.05) is 0 Å². The van der Waals surface area contributed by atoms with Crippen LogP contribution in [-0.4, -0.2) is 23.9 Å². The molecule has 0 radical (unpaired) electrons. The van der Waals surface area contributed by atoms with Crippen LogP contribution in [0, 0.1) is 5.41 Å². The van der Waals surface area contributed by atoms with Gasteiger partial charge in [-0.05, 0) is 0 Å². The summed E-state index contributed by atoms with van der Waals surface area (Å²) >= 11 is -4.31. The Kier molecular flexibility index (Phi) is 3.45. The standard InChI is InChI=1S/C14H18O3Se/c1-14(2)9-11(15)8-13(10-14)18(16,17)12-6-4-3-5-7-12/h3-8,11,15H,9-10H2,1-2H3. The fraction of sp³-hybridized carbons (Fsp3) is 0.429. The molecule has 0 bridgehead atoms. The number of rotatable bonds is 2. The number of hydrogen-bond donors (Lipinski definition) is 1. The molecule has 1 aliphatic carbocycles. The van der Waals surface area contributed by atoms with E-state index in [0.717, 1.165) is 0 Å². The van der Waals surface area contributed by atoms with Crippen LogP contribution >= 0.6 is 0 Å². The summed E-state index contributed by atoms with van der Waals surface area (Å²) in [5.41, 5.74) is -0.171. The number of benzene rings is 1. The van der Waals surface area contributed by atoms with Crippen molar-refractivity contribution in [1.82, 2.24) is 0 Å². The van der Waals surface area contributed by atoms with Crippen molar-refractivity contribution >= 4 is 17.2 Å². The van der Waals surface area contributed by atoms with Crippen molar-refractivity contribution in [2.45, 2.75) is 32.8 Å². The molecule has 0 fully saturated rings. The number of hydrogen-bond acceptors (Lipinski definition) is 3. The second-order valence-electron chi connectivity index (χ2n) is 5.56. The van der Waals surface area contributed by atoms with Crippen LogP contribution in [0.15, 0.2) is 40.9 Å². The Labute approximate surface area is 109 Å². The van der Waals surface area contributed by atoms with Crippen molar-refractivity contribution in [3.05, 3.63) is 40.9 Å². The van der Waals surface area contributed by atoms with Crippen LogP contribution in [0.2, 0.25) is 0 Å². The number of allylic oxidation sites excluding steroid dienone is 1. The van der Waals surface area contributed by atoms with Gasteiger partial charge >= 0.3 is 109 Å². The van der Waals surface area contributed by atoms with Gasteiger partial charge in [-0.2, -0.15) is 0 Å². The molecule has 1 aromatic rings. The van der Waals surface area contributed by atoms with Gasteiger partial charge in [0.2, 0.25) is 0 Å². The average Bonchev–Trinajstić information content (AvgIpc) is 2.27. The SMILES string of the molecule is CC1(C)CC([Se](=O)(=O)c2ccccc2)=CC(O)C1. The molecule has 1 unspecified atom stereocenters. The van der Waals surface area contributed by atoms with Crippen molar-refractivity contribution < 1.29 is 12.8 Å². The Morgan fingerprint density at radius 1 is 1.22 bits per heavy atom. The van der Waals surface area contributed by atoms with E-state index < -0.39 is 18.8 Å². The van der Waals surface area contributed by atoms with Crippen molar-refractivity contribution in [2.24, 2.45) is 5.41 Å². The van der Waals surface area contributed by atoms with Crippen LogP contribution in [0.1, 0.15) is 26.7 Å². The molecule has 0 saturated heterocycles. The van der Waals surface area contributed by atoms with Crippen LogP contribution in [0.25, 0.3) is 0 Å². The minimum atomic E-state index is -4.31. The van der Waals surface area contributed by atoms with E-state index in [1.54, 1.807) is 30.3 Å². The third-order valence-corrected chi connectivity index (χ3v) is 7.10. The van der Waals surface area contributed by atoms with E-state index >= 15 is 0 Å². The van der Waals surface area contributed by atoms with E-state index in [2.05, 4.69) is 0 Å². The monoisotopic (exact) mass is 314 g/mol. The van der Waals surface area contributed by atoms with Crippen LogP contribution in [0.4, 0.5) is 0 Å². The molecule has 0 saturated carbocycles. The molecular formula is C14H18O3Se. The Morgan fingerprint density at radius 3 is 2.39 bits per heavy atom. The maximum absolute atomic E-state index is 12.5. The van der Waals surface area contributed by atoms with E-state index in [0.29, 0.717) is 21.8 Å². The first kappa shape index (κ1) is 13.5. The van der Waals surface area contributed by atoms with Gasteiger partial charge < -0.3 is 0 Å². The van der Waals surface area contributed by atoms with Gasteiger partial charge in [-0.1, -0.05) is 0 Å². The zero-order valence-electron chi connectivity index (χ0n) is 10.6. The molecule has 2 rings (SSSR count). The van der Waals surface area contributed by atoms with E-state index in [-0.39, 0.29) is 5.41 Å². The van der Waals surface area contributed by atoms with Gasteiger partial charge in [0.15, 0.2) is 0 Å². The quantitative estimate of drug-likeness (QED) is 0.848. The fourth-order valence-corrected chi connectivity index (χ4v) is 6.02. The number of aliphatic hydroxyl groups is 1. The van der Waals surface area contributed by atoms with E-state index in [1.165, 1.54) is 6.08 Å². The van der Waals surface area contributed by atoms with Crippen LogP contribution in [0.3, 0.4) is 0 Å². The third kappa shape index (κ3) is 2.72. The van der Waals surface area contributed by atoms with Crippen molar-refractivity contribution in [3.63, 3.8) is 0 Å².